The summed E-state index contributed by atoms with van der Waals surface area (Å²) in [6.45, 7) is 0.459. The summed E-state index contributed by atoms with van der Waals surface area (Å²) in [4.78, 5) is 23.9. The van der Waals surface area contributed by atoms with Crippen molar-refractivity contribution in [3.63, 3.8) is 0 Å². The van der Waals surface area contributed by atoms with Crippen LogP contribution in [0.15, 0.2) is 72.8 Å². The zero-order valence-electron chi connectivity index (χ0n) is 16.0. The molecule has 0 unspecified atom stereocenters. The average molecular weight is 410 g/mol. The summed E-state index contributed by atoms with van der Waals surface area (Å²) in [5.74, 6) is -2.06. The van der Waals surface area contributed by atoms with Gasteiger partial charge in [0.05, 0.1) is 5.56 Å². The van der Waals surface area contributed by atoms with Crippen molar-refractivity contribution in [1.82, 2.24) is 5.32 Å². The second-order valence-electron chi connectivity index (χ2n) is 6.48. The molecule has 0 aliphatic heterocycles. The minimum atomic E-state index is -0.952. The van der Waals surface area contributed by atoms with Gasteiger partial charge in [-0.05, 0) is 42.0 Å². The number of nitrogens with one attached hydrogen (secondary N) is 2. The molecular formula is C23H20F2N2O3. The van der Waals surface area contributed by atoms with Gasteiger partial charge < -0.3 is 15.4 Å². The fraction of sp³-hybridized carbons (Fsp3) is 0.130. The quantitative estimate of drug-likeness (QED) is 0.582. The highest BCUT2D eigenvalue weighted by Gasteiger charge is 2.12. The first kappa shape index (κ1) is 21.0. The number of amides is 2. The number of hydrogen-bond acceptors (Lipinski definition) is 3. The second-order valence-corrected chi connectivity index (χ2v) is 6.48. The molecule has 0 aliphatic rings. The molecule has 30 heavy (non-hydrogen) atoms. The molecule has 3 aromatic carbocycles. The summed E-state index contributed by atoms with van der Waals surface area (Å²) in [7, 11) is 0. The van der Waals surface area contributed by atoms with Gasteiger partial charge in [-0.1, -0.05) is 30.3 Å². The van der Waals surface area contributed by atoms with Gasteiger partial charge in [0.2, 0.25) is 5.91 Å². The smallest absolute Gasteiger partial charge is 0.254 e. The van der Waals surface area contributed by atoms with E-state index in [1.54, 1.807) is 24.3 Å². The number of ether oxygens (including phenoxy) is 1. The van der Waals surface area contributed by atoms with Crippen molar-refractivity contribution in [2.45, 2.75) is 13.0 Å². The van der Waals surface area contributed by atoms with Crippen LogP contribution >= 0.6 is 0 Å². The van der Waals surface area contributed by atoms with E-state index >= 15 is 0 Å². The molecule has 0 saturated heterocycles. The standard InChI is InChI=1S/C23H20F2N2O3/c24-17-6-11-20(21(25)14-17)23(29)26-13-12-22(28)27-18-7-9-19(10-8-18)30-15-16-4-2-1-3-5-16/h1-11,14H,12-13,15H2,(H,26,29)(H,27,28). The Morgan fingerprint density at radius 2 is 1.63 bits per heavy atom. The van der Waals surface area contributed by atoms with Gasteiger partial charge in [0.25, 0.3) is 5.91 Å². The lowest BCUT2D eigenvalue weighted by molar-refractivity contribution is -0.116. The predicted molar refractivity (Wildman–Crippen MR) is 109 cm³/mol. The van der Waals surface area contributed by atoms with Gasteiger partial charge >= 0.3 is 0 Å². The third-order valence-electron chi connectivity index (χ3n) is 4.20. The van der Waals surface area contributed by atoms with Crippen molar-refractivity contribution >= 4 is 17.5 Å². The van der Waals surface area contributed by atoms with Crippen molar-refractivity contribution in [1.29, 1.82) is 0 Å². The highest BCUT2D eigenvalue weighted by molar-refractivity contribution is 5.95. The molecule has 0 aromatic heterocycles. The van der Waals surface area contributed by atoms with Crippen molar-refractivity contribution in [2.24, 2.45) is 0 Å². The maximum Gasteiger partial charge on any atom is 0.254 e. The van der Waals surface area contributed by atoms with E-state index in [-0.39, 0.29) is 24.4 Å². The Bertz CT molecular complexity index is 1010. The summed E-state index contributed by atoms with van der Waals surface area (Å²) < 4.78 is 32.1. The Labute approximate surface area is 172 Å². The van der Waals surface area contributed by atoms with Gasteiger partial charge in [-0.25, -0.2) is 8.78 Å². The molecule has 0 heterocycles. The van der Waals surface area contributed by atoms with Crippen LogP contribution in [0.4, 0.5) is 14.5 Å². The number of halogens is 2. The SMILES string of the molecule is O=C(CCNC(=O)c1ccc(F)cc1F)Nc1ccc(OCc2ccccc2)cc1. The highest BCUT2D eigenvalue weighted by Crippen LogP contribution is 2.17. The van der Waals surface area contributed by atoms with Crippen LogP contribution in [0.25, 0.3) is 0 Å². The first-order chi connectivity index (χ1) is 14.5. The van der Waals surface area contributed by atoms with E-state index in [1.807, 2.05) is 30.3 Å². The molecule has 0 saturated carbocycles. The van der Waals surface area contributed by atoms with Crippen LogP contribution in [0, 0.1) is 11.6 Å². The zero-order chi connectivity index (χ0) is 21.3. The van der Waals surface area contributed by atoms with Gasteiger partial charge in [0.1, 0.15) is 24.0 Å². The fourth-order valence-corrected chi connectivity index (χ4v) is 2.66. The van der Waals surface area contributed by atoms with Crippen molar-refractivity contribution < 1.29 is 23.1 Å². The van der Waals surface area contributed by atoms with Crippen molar-refractivity contribution in [3.05, 3.63) is 95.6 Å². The van der Waals surface area contributed by atoms with E-state index in [1.165, 1.54) is 0 Å². The van der Waals surface area contributed by atoms with Gasteiger partial charge in [0.15, 0.2) is 0 Å². The van der Waals surface area contributed by atoms with Crippen molar-refractivity contribution in [2.75, 3.05) is 11.9 Å². The van der Waals surface area contributed by atoms with E-state index in [0.29, 0.717) is 24.1 Å². The van der Waals surface area contributed by atoms with Crippen LogP contribution in [0.1, 0.15) is 22.3 Å². The molecule has 7 heteroatoms. The van der Waals surface area contributed by atoms with Gasteiger partial charge in [0, 0.05) is 24.7 Å². The minimum Gasteiger partial charge on any atom is -0.489 e. The zero-order valence-corrected chi connectivity index (χ0v) is 16.0. The number of rotatable bonds is 8. The number of anilines is 1. The van der Waals surface area contributed by atoms with E-state index in [9.17, 15) is 18.4 Å². The maximum absolute atomic E-state index is 13.6. The largest absolute Gasteiger partial charge is 0.489 e. The summed E-state index contributed by atoms with van der Waals surface area (Å²) >= 11 is 0. The number of carbonyl (C=O) groups excluding carboxylic acids is 2. The highest BCUT2D eigenvalue weighted by atomic mass is 19.1. The molecule has 0 spiro atoms. The normalized spacial score (nSPS) is 10.3. The molecule has 3 rings (SSSR count). The lowest BCUT2D eigenvalue weighted by Crippen LogP contribution is -2.28. The van der Waals surface area contributed by atoms with Gasteiger partial charge in [-0.3, -0.25) is 9.59 Å². The molecule has 154 valence electrons. The van der Waals surface area contributed by atoms with E-state index in [4.69, 9.17) is 4.74 Å². The monoisotopic (exact) mass is 410 g/mol. The summed E-state index contributed by atoms with van der Waals surface area (Å²) in [5, 5.41) is 5.14. The lowest BCUT2D eigenvalue weighted by atomic mass is 10.2. The average Bonchev–Trinajstić information content (AvgIpc) is 2.74. The molecular weight excluding hydrogens is 390 g/mol. The number of benzene rings is 3. The Hall–Kier alpha value is -3.74. The molecule has 2 N–H and O–H groups in total. The van der Waals surface area contributed by atoms with Crippen LogP contribution in [0.2, 0.25) is 0 Å². The first-order valence-electron chi connectivity index (χ1n) is 9.31. The van der Waals surface area contributed by atoms with Crippen molar-refractivity contribution in [3.8, 4) is 5.75 Å². The first-order valence-corrected chi connectivity index (χ1v) is 9.31. The summed E-state index contributed by atoms with van der Waals surface area (Å²) in [6, 6.07) is 19.4. The summed E-state index contributed by atoms with van der Waals surface area (Å²) in [5.41, 5.74) is 1.36. The molecule has 0 atom stereocenters. The van der Waals surface area contributed by atoms with Gasteiger partial charge in [-0.15, -0.1) is 0 Å². The van der Waals surface area contributed by atoms with E-state index in [0.717, 1.165) is 17.7 Å². The molecule has 0 aliphatic carbocycles. The Morgan fingerprint density at radius 3 is 2.33 bits per heavy atom. The van der Waals surface area contributed by atoms with Crippen LogP contribution < -0.4 is 15.4 Å². The van der Waals surface area contributed by atoms with Crippen LogP contribution in [-0.4, -0.2) is 18.4 Å². The fourth-order valence-electron chi connectivity index (χ4n) is 2.66. The van der Waals surface area contributed by atoms with Crippen LogP contribution in [0.3, 0.4) is 0 Å². The van der Waals surface area contributed by atoms with E-state index < -0.39 is 17.5 Å². The van der Waals surface area contributed by atoms with Crippen LogP contribution in [0.5, 0.6) is 5.75 Å². The summed E-state index contributed by atoms with van der Waals surface area (Å²) in [6.07, 6.45) is 0.000806. The van der Waals surface area contributed by atoms with E-state index in [2.05, 4.69) is 10.6 Å². The molecule has 3 aromatic rings. The topological polar surface area (TPSA) is 67.4 Å². The Kier molecular flexibility index (Phi) is 7.10. The van der Waals surface area contributed by atoms with Crippen LogP contribution in [-0.2, 0) is 11.4 Å². The lowest BCUT2D eigenvalue weighted by Gasteiger charge is -2.09. The number of hydrogen-bond donors (Lipinski definition) is 2. The molecule has 0 fully saturated rings. The maximum atomic E-state index is 13.6. The number of carbonyl (C=O) groups is 2. The Balaban J connectivity index is 1.41. The van der Waals surface area contributed by atoms with Gasteiger partial charge in [-0.2, -0.15) is 0 Å². The molecule has 2 amide bonds. The molecule has 5 nitrogen and oxygen atoms in total. The third kappa shape index (κ3) is 6.13. The minimum absolute atomic E-state index is 0.000806. The Morgan fingerprint density at radius 1 is 0.900 bits per heavy atom. The second kappa shape index (κ2) is 10.2. The predicted octanol–water partition coefficient (Wildman–Crippen LogP) is 4.30. The molecule has 0 bridgehead atoms. The molecule has 0 radical (unpaired) electrons. The third-order valence-corrected chi connectivity index (χ3v) is 4.20.